The fraction of sp³-hybridized carbons (Fsp3) is 0.636. The highest BCUT2D eigenvalue weighted by Gasteiger charge is 2.25. The van der Waals surface area contributed by atoms with E-state index in [1.54, 1.807) is 0 Å². The van der Waals surface area contributed by atoms with Gasteiger partial charge in [0.1, 0.15) is 12.2 Å². The second kappa shape index (κ2) is 18.6. The zero-order valence-corrected chi connectivity index (χ0v) is 23.2. The summed E-state index contributed by atoms with van der Waals surface area (Å²) in [5.41, 5.74) is 9.97. The lowest BCUT2D eigenvalue weighted by Gasteiger charge is -2.34. The molecule has 0 aliphatic rings. The van der Waals surface area contributed by atoms with Gasteiger partial charge in [-0.05, 0) is 24.5 Å². The average Bonchev–Trinajstić information content (AvgIpc) is 2.89. The Hall–Kier alpha value is -1.64. The maximum Gasteiger partial charge on any atom is 0.133 e. The van der Waals surface area contributed by atoms with Gasteiger partial charge < -0.3 is 5.73 Å². The Labute approximate surface area is 217 Å². The molecule has 0 amide bonds. The molecule has 0 saturated carbocycles. The fourth-order valence-electron chi connectivity index (χ4n) is 5.31. The van der Waals surface area contributed by atoms with Crippen molar-refractivity contribution in [3.8, 4) is 0 Å². The maximum atomic E-state index is 5.95. The number of hydrogen-bond acceptors (Lipinski definition) is 1. The number of benzene rings is 2. The molecule has 2 N–H and O–H groups in total. The minimum atomic E-state index is 0.609. The van der Waals surface area contributed by atoms with E-state index < -0.39 is 0 Å². The van der Waals surface area contributed by atoms with Gasteiger partial charge >= 0.3 is 0 Å². The molecule has 0 spiro atoms. The van der Waals surface area contributed by atoms with Gasteiger partial charge in [-0.3, -0.25) is 4.48 Å². The molecule has 0 fully saturated rings. The molecule has 2 aromatic carbocycles. The Kier molecular flexibility index (Phi) is 15.7. The van der Waals surface area contributed by atoms with Crippen LogP contribution in [0.25, 0.3) is 0 Å². The summed E-state index contributed by atoms with van der Waals surface area (Å²) in [6.07, 6.45) is 22.7. The first-order chi connectivity index (χ1) is 17.2. The molecule has 0 aromatic heterocycles. The highest BCUT2D eigenvalue weighted by atomic mass is 15.3. The van der Waals surface area contributed by atoms with Crippen LogP contribution in [0.4, 0.5) is 5.69 Å². The molecular weight excluding hydrogens is 424 g/mol. The van der Waals surface area contributed by atoms with Crippen LogP contribution in [0.15, 0.2) is 54.6 Å². The van der Waals surface area contributed by atoms with Crippen LogP contribution in [-0.4, -0.2) is 13.6 Å². The lowest BCUT2D eigenvalue weighted by Crippen LogP contribution is -2.45. The van der Waals surface area contributed by atoms with Gasteiger partial charge in [0.05, 0.1) is 13.6 Å². The molecule has 1 atom stereocenters. The highest BCUT2D eigenvalue weighted by molar-refractivity contribution is 5.45. The van der Waals surface area contributed by atoms with Gasteiger partial charge in [-0.2, -0.15) is 0 Å². The second-order valence-corrected chi connectivity index (χ2v) is 10.9. The largest absolute Gasteiger partial charge is 0.326 e. The molecular formula is C33H55N2+. The van der Waals surface area contributed by atoms with Crippen LogP contribution in [0.1, 0.15) is 121 Å². The van der Waals surface area contributed by atoms with Crippen molar-refractivity contribution in [3.63, 3.8) is 0 Å². The SMILES string of the molecule is CCCCCCCCCCCCCCCCCC[N+](C)(Cc1ccccc1)c1cccc(CN)c1. The third kappa shape index (κ3) is 12.8. The topological polar surface area (TPSA) is 26.0 Å². The number of nitrogens with two attached hydrogens (primary N) is 1. The predicted octanol–water partition coefficient (Wildman–Crippen LogP) is 9.54. The minimum Gasteiger partial charge on any atom is -0.326 e. The Bertz CT molecular complexity index is 757. The quantitative estimate of drug-likeness (QED) is 0.140. The van der Waals surface area contributed by atoms with Crippen molar-refractivity contribution in [1.82, 2.24) is 4.48 Å². The third-order valence-electron chi connectivity index (χ3n) is 7.65. The summed E-state index contributed by atoms with van der Waals surface area (Å²) in [4.78, 5) is 0. The molecule has 35 heavy (non-hydrogen) atoms. The number of quaternary nitrogens is 1. The summed E-state index contributed by atoms with van der Waals surface area (Å²) in [5, 5.41) is 0. The van der Waals surface area contributed by atoms with E-state index in [1.807, 2.05) is 0 Å². The van der Waals surface area contributed by atoms with Crippen molar-refractivity contribution in [1.29, 1.82) is 0 Å². The second-order valence-electron chi connectivity index (χ2n) is 10.9. The molecule has 2 heteroatoms. The van der Waals surface area contributed by atoms with Crippen molar-refractivity contribution in [2.75, 3.05) is 13.6 Å². The van der Waals surface area contributed by atoms with E-state index in [0.717, 1.165) is 11.0 Å². The summed E-state index contributed by atoms with van der Waals surface area (Å²) in [5.74, 6) is 0. The molecule has 1 unspecified atom stereocenters. The van der Waals surface area contributed by atoms with E-state index >= 15 is 0 Å². The van der Waals surface area contributed by atoms with Crippen LogP contribution in [-0.2, 0) is 13.1 Å². The summed E-state index contributed by atoms with van der Waals surface area (Å²) in [7, 11) is 2.40. The van der Waals surface area contributed by atoms with Crippen molar-refractivity contribution in [2.45, 2.75) is 123 Å². The summed E-state index contributed by atoms with van der Waals surface area (Å²) < 4.78 is 0.955. The number of nitrogens with zero attached hydrogens (tertiary/aromatic N) is 1. The van der Waals surface area contributed by atoms with Gasteiger partial charge in [0.2, 0.25) is 0 Å². The number of rotatable bonds is 21. The first-order valence-electron chi connectivity index (χ1n) is 14.9. The summed E-state index contributed by atoms with van der Waals surface area (Å²) in [6, 6.07) is 19.9. The van der Waals surface area contributed by atoms with Crippen LogP contribution >= 0.6 is 0 Å². The first-order valence-corrected chi connectivity index (χ1v) is 14.9. The number of unbranched alkanes of at least 4 members (excludes halogenated alkanes) is 15. The van der Waals surface area contributed by atoms with Crippen LogP contribution in [0.2, 0.25) is 0 Å². The Balaban J connectivity index is 1.60. The molecule has 0 heterocycles. The number of hydrogen-bond donors (Lipinski definition) is 1. The van der Waals surface area contributed by atoms with Gasteiger partial charge in [0.15, 0.2) is 0 Å². The minimum absolute atomic E-state index is 0.609. The fourth-order valence-corrected chi connectivity index (χ4v) is 5.31. The van der Waals surface area contributed by atoms with Gasteiger partial charge in [-0.25, -0.2) is 0 Å². The van der Waals surface area contributed by atoms with Crippen molar-refractivity contribution in [2.24, 2.45) is 5.73 Å². The van der Waals surface area contributed by atoms with Crippen LogP contribution < -0.4 is 10.2 Å². The Morgan fingerprint density at radius 2 is 1.06 bits per heavy atom. The van der Waals surface area contributed by atoms with E-state index in [0.29, 0.717) is 6.54 Å². The monoisotopic (exact) mass is 479 g/mol. The molecule has 0 aliphatic carbocycles. The first kappa shape index (κ1) is 29.6. The lowest BCUT2D eigenvalue weighted by atomic mass is 10.0. The molecule has 0 aliphatic heterocycles. The molecule has 2 nitrogen and oxygen atoms in total. The van der Waals surface area contributed by atoms with E-state index in [1.165, 1.54) is 126 Å². The summed E-state index contributed by atoms with van der Waals surface area (Å²) in [6.45, 7) is 5.12. The van der Waals surface area contributed by atoms with Crippen LogP contribution in [0, 0.1) is 0 Å². The third-order valence-corrected chi connectivity index (χ3v) is 7.65. The Morgan fingerprint density at radius 1 is 0.571 bits per heavy atom. The van der Waals surface area contributed by atoms with Crippen LogP contribution in [0.5, 0.6) is 0 Å². The normalized spacial score (nSPS) is 13.1. The van der Waals surface area contributed by atoms with E-state index in [9.17, 15) is 0 Å². The van der Waals surface area contributed by atoms with Crippen molar-refractivity contribution >= 4 is 5.69 Å². The molecule has 0 saturated heterocycles. The zero-order chi connectivity index (χ0) is 25.0. The standard InChI is InChI=1S/C33H55N2/c1-3-4-5-6-7-8-9-10-11-12-13-14-15-16-17-21-27-35(2,30-31-23-19-18-20-24-31)33-26-22-25-32(28-33)29-34/h18-20,22-26,28H,3-17,21,27,29-30,34H2,1-2H3/q+1. The van der Waals surface area contributed by atoms with Crippen molar-refractivity contribution < 1.29 is 0 Å². The van der Waals surface area contributed by atoms with Gasteiger partial charge in [-0.15, -0.1) is 0 Å². The van der Waals surface area contributed by atoms with Gasteiger partial charge in [-0.1, -0.05) is 139 Å². The van der Waals surface area contributed by atoms with Gasteiger partial charge in [0.25, 0.3) is 0 Å². The summed E-state index contributed by atoms with van der Waals surface area (Å²) >= 11 is 0. The van der Waals surface area contributed by atoms with E-state index in [2.05, 4.69) is 68.6 Å². The molecule has 2 rings (SSSR count). The van der Waals surface area contributed by atoms with E-state index in [4.69, 9.17) is 5.73 Å². The maximum absolute atomic E-state index is 5.95. The van der Waals surface area contributed by atoms with Crippen LogP contribution in [0.3, 0.4) is 0 Å². The zero-order valence-electron chi connectivity index (χ0n) is 23.2. The van der Waals surface area contributed by atoms with Crippen molar-refractivity contribution in [3.05, 3.63) is 65.7 Å². The van der Waals surface area contributed by atoms with E-state index in [-0.39, 0.29) is 0 Å². The Morgan fingerprint density at radius 3 is 1.57 bits per heavy atom. The molecule has 0 bridgehead atoms. The molecule has 196 valence electrons. The van der Waals surface area contributed by atoms with Gasteiger partial charge in [0, 0.05) is 18.2 Å². The highest BCUT2D eigenvalue weighted by Crippen LogP contribution is 2.27. The smallest absolute Gasteiger partial charge is 0.133 e. The molecule has 2 aromatic rings. The molecule has 0 radical (unpaired) electrons. The predicted molar refractivity (Wildman–Crippen MR) is 157 cm³/mol. The average molecular weight is 480 g/mol. The lowest BCUT2D eigenvalue weighted by molar-refractivity contribution is 0.311.